The van der Waals surface area contributed by atoms with Crippen molar-refractivity contribution in [1.82, 2.24) is 10.2 Å². The molecule has 0 radical (unpaired) electrons. The van der Waals surface area contributed by atoms with Crippen molar-refractivity contribution in [2.24, 2.45) is 5.92 Å². The van der Waals surface area contributed by atoms with Crippen LogP contribution in [0.3, 0.4) is 0 Å². The van der Waals surface area contributed by atoms with Gasteiger partial charge in [0.2, 0.25) is 5.91 Å². The van der Waals surface area contributed by atoms with Gasteiger partial charge in [0.15, 0.2) is 0 Å². The van der Waals surface area contributed by atoms with Crippen molar-refractivity contribution >= 4 is 5.91 Å². The average molecular weight is 238 g/mol. The molecule has 0 aromatic rings. The van der Waals surface area contributed by atoms with Crippen LogP contribution >= 0.6 is 0 Å². The van der Waals surface area contributed by atoms with Gasteiger partial charge in [-0.2, -0.15) is 0 Å². The van der Waals surface area contributed by atoms with Crippen molar-refractivity contribution in [1.29, 1.82) is 0 Å². The molecule has 3 nitrogen and oxygen atoms in total. The van der Waals surface area contributed by atoms with Gasteiger partial charge >= 0.3 is 0 Å². The van der Waals surface area contributed by atoms with Crippen LogP contribution in [0.2, 0.25) is 0 Å². The second kappa shape index (κ2) is 5.85. The Morgan fingerprint density at radius 3 is 2.47 bits per heavy atom. The summed E-state index contributed by atoms with van der Waals surface area (Å²) in [5.74, 6) is 1.22. The molecule has 0 bridgehead atoms. The fraction of sp³-hybridized carbons (Fsp3) is 0.929. The van der Waals surface area contributed by atoms with Gasteiger partial charge in [-0.3, -0.25) is 4.79 Å². The van der Waals surface area contributed by atoms with E-state index in [-0.39, 0.29) is 6.04 Å². The summed E-state index contributed by atoms with van der Waals surface area (Å²) in [6.45, 7) is 3.29. The summed E-state index contributed by atoms with van der Waals surface area (Å²) < 4.78 is 0. The molecule has 17 heavy (non-hydrogen) atoms. The number of nitrogens with zero attached hydrogens (tertiary/aromatic N) is 1. The monoisotopic (exact) mass is 238 g/mol. The zero-order valence-corrected chi connectivity index (χ0v) is 11.2. The third-order valence-corrected chi connectivity index (χ3v) is 4.65. The Balaban J connectivity index is 1.83. The van der Waals surface area contributed by atoms with Gasteiger partial charge in [-0.05, 0) is 51.0 Å². The molecule has 1 heterocycles. The van der Waals surface area contributed by atoms with Gasteiger partial charge in [-0.1, -0.05) is 13.3 Å². The molecule has 2 aliphatic rings. The first-order chi connectivity index (χ1) is 8.22. The molecule has 1 aliphatic heterocycles. The van der Waals surface area contributed by atoms with Crippen molar-refractivity contribution < 1.29 is 4.79 Å². The summed E-state index contributed by atoms with van der Waals surface area (Å²) in [5.41, 5.74) is 0. The first-order valence-corrected chi connectivity index (χ1v) is 7.22. The highest BCUT2D eigenvalue weighted by Gasteiger charge is 2.30. The van der Waals surface area contributed by atoms with Crippen molar-refractivity contribution in [3.8, 4) is 0 Å². The number of carbonyl (C=O) groups is 1. The highest BCUT2D eigenvalue weighted by atomic mass is 16.2. The summed E-state index contributed by atoms with van der Waals surface area (Å²) in [5, 5.41) is 3.31. The Hall–Kier alpha value is -0.570. The average Bonchev–Trinajstić information content (AvgIpc) is 2.91. The molecule has 2 fully saturated rings. The first kappa shape index (κ1) is 12.9. The highest BCUT2D eigenvalue weighted by molar-refractivity contribution is 5.82. The number of amides is 1. The van der Waals surface area contributed by atoms with Crippen LogP contribution in [0.5, 0.6) is 0 Å². The molecule has 0 spiro atoms. The van der Waals surface area contributed by atoms with E-state index >= 15 is 0 Å². The highest BCUT2D eigenvalue weighted by Crippen LogP contribution is 2.29. The number of rotatable bonds is 3. The van der Waals surface area contributed by atoms with Crippen molar-refractivity contribution in [2.45, 2.75) is 64.0 Å². The van der Waals surface area contributed by atoms with E-state index in [0.29, 0.717) is 11.9 Å². The lowest BCUT2D eigenvalue weighted by Crippen LogP contribution is -2.47. The van der Waals surface area contributed by atoms with Crippen LogP contribution < -0.4 is 5.32 Å². The topological polar surface area (TPSA) is 32.3 Å². The van der Waals surface area contributed by atoms with Crippen LogP contribution in [-0.2, 0) is 4.79 Å². The standard InChI is InChI=1S/C14H26N2O/c1-3-11-6-8-12(9-7-11)16(2)14(17)13-5-4-10-15-13/h11-13,15H,3-10H2,1-2H3/t11?,12?,13-/m1/s1. The molecule has 1 saturated heterocycles. The Morgan fingerprint density at radius 2 is 1.94 bits per heavy atom. The fourth-order valence-corrected chi connectivity index (χ4v) is 3.26. The van der Waals surface area contributed by atoms with Crippen LogP contribution in [-0.4, -0.2) is 36.5 Å². The van der Waals surface area contributed by atoms with Gasteiger partial charge in [0, 0.05) is 13.1 Å². The van der Waals surface area contributed by atoms with E-state index in [1.807, 2.05) is 11.9 Å². The van der Waals surface area contributed by atoms with Gasteiger partial charge in [-0.15, -0.1) is 0 Å². The lowest BCUT2D eigenvalue weighted by Gasteiger charge is -2.35. The van der Waals surface area contributed by atoms with Gasteiger partial charge in [0.1, 0.15) is 0 Å². The van der Waals surface area contributed by atoms with Crippen LogP contribution in [0.1, 0.15) is 51.9 Å². The SMILES string of the molecule is CCC1CCC(N(C)C(=O)[C@H]2CCCN2)CC1. The number of carbonyl (C=O) groups excluding carboxylic acids is 1. The molecule has 1 aliphatic carbocycles. The molecule has 1 N–H and O–H groups in total. The minimum atomic E-state index is 0.101. The van der Waals surface area contributed by atoms with Crippen molar-refractivity contribution in [2.75, 3.05) is 13.6 Å². The summed E-state index contributed by atoms with van der Waals surface area (Å²) in [7, 11) is 2.00. The van der Waals surface area contributed by atoms with E-state index in [9.17, 15) is 4.79 Å². The van der Waals surface area contributed by atoms with Gasteiger partial charge in [0.05, 0.1) is 6.04 Å². The van der Waals surface area contributed by atoms with Gasteiger partial charge in [0.25, 0.3) is 0 Å². The van der Waals surface area contributed by atoms with Crippen LogP contribution in [0.25, 0.3) is 0 Å². The predicted octanol–water partition coefficient (Wildman–Crippen LogP) is 2.17. The zero-order valence-electron chi connectivity index (χ0n) is 11.2. The van der Waals surface area contributed by atoms with Crippen molar-refractivity contribution in [3.63, 3.8) is 0 Å². The molecule has 0 unspecified atom stereocenters. The van der Waals surface area contributed by atoms with Gasteiger partial charge in [-0.25, -0.2) is 0 Å². The molecule has 0 aromatic heterocycles. The van der Waals surface area contributed by atoms with E-state index in [1.165, 1.54) is 32.1 Å². The quantitative estimate of drug-likeness (QED) is 0.817. The third-order valence-electron chi connectivity index (χ3n) is 4.65. The first-order valence-electron chi connectivity index (χ1n) is 7.22. The molecular weight excluding hydrogens is 212 g/mol. The molecule has 1 atom stereocenters. The Kier molecular flexibility index (Phi) is 4.43. The number of likely N-dealkylation sites (N-methyl/N-ethyl adjacent to an activating group) is 1. The molecule has 98 valence electrons. The Morgan fingerprint density at radius 1 is 1.24 bits per heavy atom. The maximum Gasteiger partial charge on any atom is 0.239 e. The summed E-state index contributed by atoms with van der Waals surface area (Å²) in [6.07, 6.45) is 8.48. The van der Waals surface area contributed by atoms with Crippen LogP contribution in [0.15, 0.2) is 0 Å². The molecule has 2 rings (SSSR count). The van der Waals surface area contributed by atoms with Crippen molar-refractivity contribution in [3.05, 3.63) is 0 Å². The lowest BCUT2D eigenvalue weighted by atomic mass is 9.84. The minimum Gasteiger partial charge on any atom is -0.341 e. The Labute approximate surface area is 105 Å². The zero-order chi connectivity index (χ0) is 12.3. The molecule has 1 amide bonds. The lowest BCUT2D eigenvalue weighted by molar-refractivity contribution is -0.134. The minimum absolute atomic E-state index is 0.101. The Bertz CT molecular complexity index is 253. The molecule has 3 heteroatoms. The third kappa shape index (κ3) is 3.01. The smallest absolute Gasteiger partial charge is 0.239 e. The number of hydrogen-bond acceptors (Lipinski definition) is 2. The maximum absolute atomic E-state index is 12.3. The van der Waals surface area contributed by atoms with Crippen LogP contribution in [0, 0.1) is 5.92 Å². The summed E-state index contributed by atoms with van der Waals surface area (Å²) in [4.78, 5) is 14.3. The van der Waals surface area contributed by atoms with E-state index < -0.39 is 0 Å². The van der Waals surface area contributed by atoms with E-state index in [1.54, 1.807) is 0 Å². The van der Waals surface area contributed by atoms with E-state index in [2.05, 4.69) is 12.2 Å². The maximum atomic E-state index is 12.3. The molecule has 0 aromatic carbocycles. The fourth-order valence-electron chi connectivity index (χ4n) is 3.26. The van der Waals surface area contributed by atoms with E-state index in [0.717, 1.165) is 25.3 Å². The normalized spacial score (nSPS) is 33.6. The predicted molar refractivity (Wildman–Crippen MR) is 69.8 cm³/mol. The molecule has 1 saturated carbocycles. The summed E-state index contributed by atoms with van der Waals surface area (Å²) >= 11 is 0. The number of hydrogen-bond donors (Lipinski definition) is 1. The van der Waals surface area contributed by atoms with Crippen LogP contribution in [0.4, 0.5) is 0 Å². The largest absolute Gasteiger partial charge is 0.341 e. The van der Waals surface area contributed by atoms with Gasteiger partial charge < -0.3 is 10.2 Å². The summed E-state index contributed by atoms with van der Waals surface area (Å²) in [6, 6.07) is 0.594. The molecular formula is C14H26N2O. The second-order valence-electron chi connectivity index (χ2n) is 5.68. The second-order valence-corrected chi connectivity index (χ2v) is 5.68. The van der Waals surface area contributed by atoms with E-state index in [4.69, 9.17) is 0 Å². The number of nitrogens with one attached hydrogen (secondary N) is 1.